The smallest absolute Gasteiger partial charge is 0.391 e. The van der Waals surface area contributed by atoms with Crippen molar-refractivity contribution in [1.29, 1.82) is 5.53 Å². The molecule has 1 fully saturated rings. The van der Waals surface area contributed by atoms with E-state index in [2.05, 4.69) is 25.0 Å². The molecule has 3 rings (SSSR count). The van der Waals surface area contributed by atoms with Crippen LogP contribution in [0.25, 0.3) is 11.2 Å². The first-order valence-electron chi connectivity index (χ1n) is 6.99. The number of H-pyrrole nitrogens is 1. The predicted octanol–water partition coefficient (Wildman–Crippen LogP) is -0.991. The minimum Gasteiger partial charge on any atom is -0.391 e. The number of imidazole rings is 1. The van der Waals surface area contributed by atoms with E-state index in [9.17, 15) is 28.2 Å². The Hall–Kier alpha value is -2.87. The minimum atomic E-state index is -5.00. The lowest BCUT2D eigenvalue weighted by molar-refractivity contribution is -0.210. The van der Waals surface area contributed by atoms with Crippen LogP contribution in [0.5, 0.6) is 0 Å². The molecule has 3 heterocycles. The third kappa shape index (κ3) is 2.53. The molecule has 0 spiro atoms. The van der Waals surface area contributed by atoms with Gasteiger partial charge in [-0.2, -0.15) is 18.2 Å². The van der Waals surface area contributed by atoms with Gasteiger partial charge in [-0.15, -0.1) is 0 Å². The van der Waals surface area contributed by atoms with Gasteiger partial charge in [0.15, 0.2) is 22.5 Å². The van der Waals surface area contributed by atoms with E-state index in [-0.39, 0.29) is 17.1 Å². The molecule has 1 saturated heterocycles. The molecule has 0 aliphatic carbocycles. The predicted molar refractivity (Wildman–Crippen MR) is 75.3 cm³/mol. The van der Waals surface area contributed by atoms with E-state index < -0.39 is 42.3 Å². The van der Waals surface area contributed by atoms with Crippen LogP contribution in [0.15, 0.2) is 16.2 Å². The maximum atomic E-state index is 13.5. The summed E-state index contributed by atoms with van der Waals surface area (Å²) in [7, 11) is 0. The summed E-state index contributed by atoms with van der Waals surface area (Å²) in [6, 6.07) is 0. The number of aliphatic hydroxyl groups is 2. The number of hydrogen-bond acceptors (Lipinski definition) is 9. The summed E-state index contributed by atoms with van der Waals surface area (Å²) < 4.78 is 46.5. The summed E-state index contributed by atoms with van der Waals surface area (Å²) in [5.41, 5.74) is 8.19. The quantitative estimate of drug-likeness (QED) is 0.335. The first-order chi connectivity index (χ1) is 12.1. The average Bonchev–Trinajstić information content (AvgIpc) is 3.07. The molecule has 1 aliphatic rings. The molecule has 0 aromatic carbocycles. The van der Waals surface area contributed by atoms with Crippen molar-refractivity contribution in [2.24, 2.45) is 11.0 Å². The molecular weight excluding hydrogens is 365 g/mol. The van der Waals surface area contributed by atoms with Crippen molar-refractivity contribution in [2.45, 2.75) is 24.2 Å². The molecule has 2 aromatic heterocycles. The van der Waals surface area contributed by atoms with E-state index in [0.717, 1.165) is 10.9 Å². The van der Waals surface area contributed by atoms with Crippen LogP contribution < -0.4 is 16.2 Å². The number of aromatic amines is 1. The highest BCUT2D eigenvalue weighted by molar-refractivity contribution is 5.70. The number of alkyl halides is 3. The second-order valence-electron chi connectivity index (χ2n) is 5.50. The number of anilines is 1. The van der Waals surface area contributed by atoms with E-state index in [1.54, 1.807) is 0 Å². The molecule has 1 aliphatic heterocycles. The number of nitrogens with one attached hydrogen (secondary N) is 2. The monoisotopic (exact) mass is 377 g/mol. The highest BCUT2D eigenvalue weighted by Crippen LogP contribution is 2.49. The number of nitrogen functional groups attached to an aromatic ring is 1. The average molecular weight is 377 g/mol. The number of rotatable bonds is 3. The summed E-state index contributed by atoms with van der Waals surface area (Å²) >= 11 is 0. The highest BCUT2D eigenvalue weighted by atomic mass is 19.4. The van der Waals surface area contributed by atoms with Crippen LogP contribution in [-0.2, 0) is 4.74 Å². The van der Waals surface area contributed by atoms with Gasteiger partial charge in [-0.25, -0.2) is 4.98 Å². The SMILES string of the molecule is N=[N+]=N[C@]1(CO)O[C@@H](n2cnc3c(=O)[nH]c(N)nc32)[C@@H](C(F)(F)F)[C@@H]1O. The van der Waals surface area contributed by atoms with Gasteiger partial charge in [-0.05, 0) is 0 Å². The molecule has 26 heavy (non-hydrogen) atoms. The van der Waals surface area contributed by atoms with Crippen LogP contribution in [0.1, 0.15) is 6.23 Å². The molecule has 6 N–H and O–H groups in total. The van der Waals surface area contributed by atoms with Gasteiger partial charge >= 0.3 is 6.18 Å². The van der Waals surface area contributed by atoms with Gasteiger partial charge in [0.25, 0.3) is 11.3 Å². The summed E-state index contributed by atoms with van der Waals surface area (Å²) in [4.78, 5) is 23.9. The number of halogens is 3. The second kappa shape index (κ2) is 5.84. The van der Waals surface area contributed by atoms with Crippen LogP contribution in [0.2, 0.25) is 0 Å². The first kappa shape index (κ1) is 17.9. The molecule has 2 aromatic rings. The van der Waals surface area contributed by atoms with Crippen molar-refractivity contribution in [3.05, 3.63) is 16.7 Å². The maximum Gasteiger partial charge on any atom is 0.398 e. The molecule has 12 nitrogen and oxygen atoms in total. The summed E-state index contributed by atoms with van der Waals surface area (Å²) in [6.07, 6.45) is -8.53. The van der Waals surface area contributed by atoms with E-state index in [0.29, 0.717) is 0 Å². The number of nitrogens with zero attached hydrogens (tertiary/aromatic N) is 5. The van der Waals surface area contributed by atoms with Crippen molar-refractivity contribution < 1.29 is 28.1 Å². The molecule has 15 heteroatoms. The lowest BCUT2D eigenvalue weighted by atomic mass is 9.95. The Kier molecular flexibility index (Phi) is 4.03. The Morgan fingerprint density at radius 3 is 2.85 bits per heavy atom. The molecule has 4 atom stereocenters. The van der Waals surface area contributed by atoms with E-state index >= 15 is 0 Å². The van der Waals surface area contributed by atoms with E-state index in [1.165, 1.54) is 0 Å². The summed E-state index contributed by atoms with van der Waals surface area (Å²) in [5, 5.41) is 22.7. The number of hydrogen-bond donors (Lipinski definition) is 5. The zero-order valence-corrected chi connectivity index (χ0v) is 12.7. The zero-order valence-electron chi connectivity index (χ0n) is 12.7. The Labute approximate surface area is 140 Å². The highest BCUT2D eigenvalue weighted by Gasteiger charge is 2.67. The standard InChI is InChI=1S/C11H11F3N8O4/c12-11(13,14)3-5(24)10(1-23,20-21-16)26-8(3)22-2-17-4-6(22)18-9(15)19-7(4)25/h2-3,5,8,16,23-24H,1H2,(H2-,15,18,19,25)/p+1/t3-,5-,8+,10+/m0/s1. The minimum absolute atomic E-state index is 0.304. The van der Waals surface area contributed by atoms with Crippen molar-refractivity contribution in [1.82, 2.24) is 24.4 Å². The fourth-order valence-electron chi connectivity index (χ4n) is 2.82. The van der Waals surface area contributed by atoms with Gasteiger partial charge in [-0.1, -0.05) is 0 Å². The summed E-state index contributed by atoms with van der Waals surface area (Å²) in [6.45, 7) is -1.18. The molecule has 140 valence electrons. The third-order valence-electron chi connectivity index (χ3n) is 3.98. The number of nitrogens with two attached hydrogens (primary N) is 1. The van der Waals surface area contributed by atoms with Gasteiger partial charge in [0.1, 0.15) is 24.2 Å². The lowest BCUT2D eigenvalue weighted by Crippen LogP contribution is -2.46. The Balaban J connectivity index is 2.22. The Morgan fingerprint density at radius 1 is 1.58 bits per heavy atom. The molecule has 0 amide bonds. The van der Waals surface area contributed by atoms with Gasteiger partial charge in [0.2, 0.25) is 10.9 Å². The third-order valence-corrected chi connectivity index (χ3v) is 3.98. The number of aliphatic hydroxyl groups excluding tert-OH is 2. The molecule has 0 bridgehead atoms. The van der Waals surface area contributed by atoms with Crippen LogP contribution in [0, 0.1) is 11.4 Å². The van der Waals surface area contributed by atoms with Gasteiger partial charge in [0.05, 0.1) is 6.33 Å². The first-order valence-corrected chi connectivity index (χ1v) is 6.99. The fraction of sp³-hybridized carbons (Fsp3) is 0.545. The van der Waals surface area contributed by atoms with Gasteiger partial charge in [0, 0.05) is 0 Å². The van der Waals surface area contributed by atoms with Crippen LogP contribution in [-0.4, -0.2) is 54.3 Å². The number of aromatic nitrogens is 4. The van der Waals surface area contributed by atoms with Crippen molar-refractivity contribution in [2.75, 3.05) is 12.3 Å². The fourth-order valence-corrected chi connectivity index (χ4v) is 2.82. The van der Waals surface area contributed by atoms with Crippen LogP contribution >= 0.6 is 0 Å². The summed E-state index contributed by atoms with van der Waals surface area (Å²) in [5.74, 6) is -2.95. The van der Waals surface area contributed by atoms with Gasteiger partial charge in [-0.3, -0.25) is 14.3 Å². The van der Waals surface area contributed by atoms with Crippen molar-refractivity contribution in [3.8, 4) is 0 Å². The zero-order chi connectivity index (χ0) is 19.3. The normalized spacial score (nSPS) is 29.0. The Morgan fingerprint density at radius 2 is 2.27 bits per heavy atom. The largest absolute Gasteiger partial charge is 0.398 e. The molecule has 0 unspecified atom stereocenters. The molecule has 0 radical (unpaired) electrons. The molecular formula is C11H12F3N8O4+. The Bertz CT molecular complexity index is 951. The van der Waals surface area contributed by atoms with Crippen LogP contribution in [0.3, 0.4) is 0 Å². The van der Waals surface area contributed by atoms with E-state index in [4.69, 9.17) is 16.0 Å². The van der Waals surface area contributed by atoms with Gasteiger partial charge < -0.3 is 20.7 Å². The number of fused-ring (bicyclic) bond motifs is 1. The van der Waals surface area contributed by atoms with Crippen molar-refractivity contribution >= 4 is 17.1 Å². The van der Waals surface area contributed by atoms with Crippen molar-refractivity contribution in [3.63, 3.8) is 0 Å². The number of ether oxygens (including phenoxy) is 1. The molecule has 0 saturated carbocycles. The topological polar surface area (TPSA) is 190 Å². The van der Waals surface area contributed by atoms with E-state index in [1.807, 2.05) is 0 Å². The second-order valence-corrected chi connectivity index (χ2v) is 5.50. The lowest BCUT2D eigenvalue weighted by Gasteiger charge is -2.23. The van der Waals surface area contributed by atoms with Crippen LogP contribution in [0.4, 0.5) is 19.1 Å². The maximum absolute atomic E-state index is 13.5.